The number of amides is 2. The number of hydrogen-bond acceptors (Lipinski definition) is 5. The molecule has 3 atom stereocenters. The van der Waals surface area contributed by atoms with Gasteiger partial charge in [0.2, 0.25) is 5.91 Å². The Balaban J connectivity index is 1.30. The predicted molar refractivity (Wildman–Crippen MR) is 133 cm³/mol. The van der Waals surface area contributed by atoms with Gasteiger partial charge in [-0.3, -0.25) is 14.6 Å². The lowest BCUT2D eigenvalue weighted by molar-refractivity contribution is -0.119. The Morgan fingerprint density at radius 2 is 2.11 bits per heavy atom. The van der Waals surface area contributed by atoms with E-state index in [9.17, 15) is 9.59 Å². The number of pyridine rings is 1. The number of fused-ring (bicyclic) bond motifs is 1. The molecule has 1 aromatic carbocycles. The fraction of sp³-hybridized carbons (Fsp3) is 0.407. The number of carbonyl (C=O) groups is 2. The number of nitrogens with zero attached hydrogens (tertiary/aromatic N) is 3. The number of carbonyl (C=O) groups excluding carboxylic acids is 2. The van der Waals surface area contributed by atoms with Crippen molar-refractivity contribution in [3.05, 3.63) is 54.4 Å². The quantitative estimate of drug-likeness (QED) is 0.514. The average molecular weight is 472 g/mol. The van der Waals surface area contributed by atoms with Crippen LogP contribution in [-0.2, 0) is 16.6 Å². The molecule has 6 rings (SSSR count). The van der Waals surface area contributed by atoms with Gasteiger partial charge in [0.25, 0.3) is 5.91 Å². The SMILES string of the molecule is COCC(=O)Nc1cc(C(=O)NC[C@@H]2C[C@H]3C=C[C@H]2C32CC2)cc2nc(-c3cccnc3)n(C)c12. The number of aryl methyl sites for hydroxylation is 1. The molecule has 3 aromatic rings. The second-order valence-corrected chi connectivity index (χ2v) is 10.1. The van der Waals surface area contributed by atoms with Gasteiger partial charge >= 0.3 is 0 Å². The molecule has 0 unspecified atom stereocenters. The third kappa shape index (κ3) is 3.63. The molecule has 0 radical (unpaired) electrons. The van der Waals surface area contributed by atoms with E-state index in [2.05, 4.69) is 27.8 Å². The van der Waals surface area contributed by atoms with E-state index in [1.807, 2.05) is 23.7 Å². The summed E-state index contributed by atoms with van der Waals surface area (Å²) in [6.07, 6.45) is 12.0. The standard InChI is InChI=1S/C27H29N5O3/c1-32-24-21(30-23(33)15-35-2)11-17(12-22(24)31-25(32)16-4-3-9-28-13-16)26(34)29-14-18-10-19-5-6-20(18)27(19)7-8-27/h3-6,9,11-13,18-20H,7-8,10,14-15H2,1-2H3,(H,29,34)(H,30,33)/t18-,19+,20+/m0/s1. The molecule has 180 valence electrons. The van der Waals surface area contributed by atoms with E-state index in [-0.39, 0.29) is 18.4 Å². The van der Waals surface area contributed by atoms with Gasteiger partial charge in [0.15, 0.2) is 0 Å². The summed E-state index contributed by atoms with van der Waals surface area (Å²) in [6.45, 7) is 0.587. The van der Waals surface area contributed by atoms with Crippen LogP contribution in [0.25, 0.3) is 22.4 Å². The largest absolute Gasteiger partial charge is 0.375 e. The van der Waals surface area contributed by atoms with Gasteiger partial charge in [-0.15, -0.1) is 0 Å². The zero-order valence-electron chi connectivity index (χ0n) is 20.0. The highest BCUT2D eigenvalue weighted by molar-refractivity contribution is 6.06. The van der Waals surface area contributed by atoms with Gasteiger partial charge in [0, 0.05) is 44.2 Å². The summed E-state index contributed by atoms with van der Waals surface area (Å²) in [7, 11) is 3.36. The van der Waals surface area contributed by atoms with Crippen LogP contribution in [0.2, 0.25) is 0 Å². The molecular weight excluding hydrogens is 442 g/mol. The molecule has 2 saturated carbocycles. The molecule has 2 heterocycles. The van der Waals surface area contributed by atoms with Gasteiger partial charge in [-0.05, 0) is 66.7 Å². The third-order valence-electron chi connectivity index (χ3n) is 8.07. The van der Waals surface area contributed by atoms with Crippen molar-refractivity contribution in [2.45, 2.75) is 19.3 Å². The van der Waals surface area contributed by atoms with E-state index >= 15 is 0 Å². The van der Waals surface area contributed by atoms with Crippen molar-refractivity contribution in [2.75, 3.05) is 25.6 Å². The van der Waals surface area contributed by atoms with Crippen LogP contribution >= 0.6 is 0 Å². The van der Waals surface area contributed by atoms with Crippen LogP contribution in [0.1, 0.15) is 29.6 Å². The molecule has 0 saturated heterocycles. The number of methoxy groups -OCH3 is 1. The number of hydrogen-bond donors (Lipinski definition) is 2. The molecular formula is C27H29N5O3. The van der Waals surface area contributed by atoms with Gasteiger partial charge in [-0.25, -0.2) is 4.98 Å². The number of imidazole rings is 1. The van der Waals surface area contributed by atoms with Crippen LogP contribution in [-0.4, -0.2) is 46.6 Å². The highest BCUT2D eigenvalue weighted by Gasteiger charge is 2.62. The minimum Gasteiger partial charge on any atom is -0.375 e. The van der Waals surface area contributed by atoms with Crippen LogP contribution in [0.5, 0.6) is 0 Å². The molecule has 3 aliphatic carbocycles. The Hall–Kier alpha value is -3.52. The summed E-state index contributed by atoms with van der Waals surface area (Å²) >= 11 is 0. The molecule has 2 amide bonds. The monoisotopic (exact) mass is 471 g/mol. The highest BCUT2D eigenvalue weighted by Crippen LogP contribution is 2.69. The summed E-state index contributed by atoms with van der Waals surface area (Å²) in [4.78, 5) is 34.6. The molecule has 2 fully saturated rings. The van der Waals surface area contributed by atoms with Crippen molar-refractivity contribution in [2.24, 2.45) is 30.2 Å². The maximum absolute atomic E-state index is 13.2. The van der Waals surface area contributed by atoms with E-state index in [0.29, 0.717) is 52.3 Å². The molecule has 8 nitrogen and oxygen atoms in total. The second-order valence-electron chi connectivity index (χ2n) is 10.1. The summed E-state index contributed by atoms with van der Waals surface area (Å²) in [5.41, 5.74) is 3.72. The second kappa shape index (κ2) is 8.30. The molecule has 0 aliphatic heterocycles. The van der Waals surface area contributed by atoms with Gasteiger partial charge in [-0.2, -0.15) is 0 Å². The van der Waals surface area contributed by atoms with Gasteiger partial charge < -0.3 is 19.9 Å². The van der Waals surface area contributed by atoms with Crippen molar-refractivity contribution in [1.82, 2.24) is 19.9 Å². The molecule has 1 spiro atoms. The first-order valence-electron chi connectivity index (χ1n) is 12.2. The number of ether oxygens (including phenoxy) is 1. The van der Waals surface area contributed by atoms with Crippen LogP contribution in [0.3, 0.4) is 0 Å². The van der Waals surface area contributed by atoms with Crippen LogP contribution in [0.15, 0.2) is 48.8 Å². The lowest BCUT2D eigenvalue weighted by Crippen LogP contribution is -2.31. The van der Waals surface area contributed by atoms with E-state index in [1.165, 1.54) is 20.0 Å². The van der Waals surface area contributed by atoms with Crippen molar-refractivity contribution in [3.8, 4) is 11.4 Å². The van der Waals surface area contributed by atoms with E-state index in [1.54, 1.807) is 24.5 Å². The Morgan fingerprint density at radius 1 is 1.26 bits per heavy atom. The van der Waals surface area contributed by atoms with Crippen molar-refractivity contribution in [1.29, 1.82) is 0 Å². The summed E-state index contributed by atoms with van der Waals surface area (Å²) in [6, 6.07) is 7.30. The summed E-state index contributed by atoms with van der Waals surface area (Å²) < 4.78 is 6.89. The third-order valence-corrected chi connectivity index (χ3v) is 8.07. The molecule has 2 bridgehead atoms. The minimum atomic E-state index is -0.293. The number of aromatic nitrogens is 3. The van der Waals surface area contributed by atoms with Crippen LogP contribution < -0.4 is 10.6 Å². The minimum absolute atomic E-state index is 0.0786. The number of allylic oxidation sites excluding steroid dienone is 2. The van der Waals surface area contributed by atoms with Crippen molar-refractivity contribution < 1.29 is 14.3 Å². The van der Waals surface area contributed by atoms with Crippen molar-refractivity contribution >= 4 is 28.5 Å². The molecule has 2 aromatic heterocycles. The van der Waals surface area contributed by atoms with E-state index in [0.717, 1.165) is 17.5 Å². The fourth-order valence-corrected chi connectivity index (χ4v) is 6.33. The number of anilines is 1. The van der Waals surface area contributed by atoms with Gasteiger partial charge in [0.05, 0.1) is 16.7 Å². The van der Waals surface area contributed by atoms with Gasteiger partial charge in [0.1, 0.15) is 12.4 Å². The maximum atomic E-state index is 13.2. The van der Waals surface area contributed by atoms with Crippen molar-refractivity contribution in [3.63, 3.8) is 0 Å². The first-order valence-corrected chi connectivity index (χ1v) is 12.2. The average Bonchev–Trinajstić information content (AvgIpc) is 3.41. The number of nitrogens with one attached hydrogen (secondary N) is 2. The Morgan fingerprint density at radius 3 is 2.83 bits per heavy atom. The Labute approximate surface area is 203 Å². The smallest absolute Gasteiger partial charge is 0.251 e. The molecule has 35 heavy (non-hydrogen) atoms. The molecule has 8 heteroatoms. The first kappa shape index (κ1) is 22.0. The first-order chi connectivity index (χ1) is 17.0. The lowest BCUT2D eigenvalue weighted by atomic mass is 9.89. The maximum Gasteiger partial charge on any atom is 0.251 e. The van der Waals surface area contributed by atoms with Gasteiger partial charge in [-0.1, -0.05) is 12.2 Å². The topological polar surface area (TPSA) is 98.1 Å². The number of benzene rings is 1. The Bertz CT molecular complexity index is 1340. The predicted octanol–water partition coefficient (Wildman–Crippen LogP) is 3.55. The number of rotatable bonds is 7. The zero-order valence-corrected chi connectivity index (χ0v) is 20.0. The summed E-state index contributed by atoms with van der Waals surface area (Å²) in [5, 5.41) is 6.06. The summed E-state index contributed by atoms with van der Waals surface area (Å²) in [5.74, 6) is 2.03. The zero-order chi connectivity index (χ0) is 24.2. The molecule has 2 N–H and O–H groups in total. The molecule has 3 aliphatic rings. The normalized spacial score (nSPS) is 23.2. The van der Waals surface area contributed by atoms with Crippen LogP contribution in [0, 0.1) is 23.2 Å². The van der Waals surface area contributed by atoms with Crippen LogP contribution in [0.4, 0.5) is 5.69 Å². The lowest BCUT2D eigenvalue weighted by Gasteiger charge is -2.20. The van der Waals surface area contributed by atoms with E-state index in [4.69, 9.17) is 9.72 Å². The Kier molecular flexibility index (Phi) is 5.21. The fourth-order valence-electron chi connectivity index (χ4n) is 6.33. The highest BCUT2D eigenvalue weighted by atomic mass is 16.5. The van der Waals surface area contributed by atoms with E-state index < -0.39 is 0 Å².